The van der Waals surface area contributed by atoms with Crippen LogP contribution in [0.5, 0.6) is 0 Å². The molecule has 0 atom stereocenters. The second-order valence-electron chi connectivity index (χ2n) is 3.01. The smallest absolute Gasteiger partial charge is 0.225 e. The van der Waals surface area contributed by atoms with Crippen molar-refractivity contribution in [3.8, 4) is 0 Å². The van der Waals surface area contributed by atoms with Gasteiger partial charge < -0.3 is 0 Å². The van der Waals surface area contributed by atoms with E-state index in [0.29, 0.717) is 11.8 Å². The summed E-state index contributed by atoms with van der Waals surface area (Å²) < 4.78 is 0. The molecule has 14 heavy (non-hydrogen) atoms. The average Bonchev–Trinajstić information content (AvgIpc) is 2.27. The predicted octanol–water partition coefficient (Wildman–Crippen LogP) is 2.22. The first-order valence-corrected chi connectivity index (χ1v) is 4.30. The Kier molecular flexibility index (Phi) is 2.11. The largest absolute Gasteiger partial charge is 0.294 e. The van der Waals surface area contributed by atoms with Crippen LogP contribution < -0.4 is 0 Å². The molecule has 68 valence electrons. The highest BCUT2D eigenvalue weighted by atomic mass is 16.2. The number of Topliss-reactive ketones (excluding diaryl/α,β-unsaturated/α-hetero) is 1. The highest BCUT2D eigenvalue weighted by molar-refractivity contribution is 6.36. The fourth-order valence-corrected chi connectivity index (χ4v) is 1.50. The first kappa shape index (κ1) is 8.63. The highest BCUT2D eigenvalue weighted by Gasteiger charge is 2.07. The van der Waals surface area contributed by atoms with Gasteiger partial charge in [-0.25, -0.2) is 0 Å². The minimum absolute atomic E-state index is 0.349. The second-order valence-corrected chi connectivity index (χ2v) is 3.01. The molecule has 0 aliphatic heterocycles. The van der Waals surface area contributed by atoms with E-state index in [1.165, 1.54) is 0 Å². The van der Waals surface area contributed by atoms with Crippen LogP contribution in [0.3, 0.4) is 0 Å². The van der Waals surface area contributed by atoms with Crippen molar-refractivity contribution in [2.24, 2.45) is 0 Å². The summed E-state index contributed by atoms with van der Waals surface area (Å²) in [6.07, 6.45) is 0.349. The van der Waals surface area contributed by atoms with Crippen LogP contribution in [-0.4, -0.2) is 12.1 Å². The van der Waals surface area contributed by atoms with Crippen molar-refractivity contribution in [3.05, 3.63) is 48.0 Å². The zero-order valence-electron chi connectivity index (χ0n) is 7.44. The van der Waals surface area contributed by atoms with Crippen molar-refractivity contribution < 1.29 is 9.59 Å². The van der Waals surface area contributed by atoms with Crippen LogP contribution in [0.15, 0.2) is 42.5 Å². The van der Waals surface area contributed by atoms with E-state index < -0.39 is 5.78 Å². The molecule has 0 aliphatic carbocycles. The Hall–Kier alpha value is -1.96. The van der Waals surface area contributed by atoms with Gasteiger partial charge in [0.05, 0.1) is 0 Å². The average molecular weight is 184 g/mol. The predicted molar refractivity (Wildman–Crippen MR) is 54.3 cm³/mol. The number of carbonyl (C=O) groups is 2. The molecule has 2 aromatic rings. The molecule has 0 saturated heterocycles. The van der Waals surface area contributed by atoms with Crippen LogP contribution in [0.25, 0.3) is 10.8 Å². The van der Waals surface area contributed by atoms with Crippen LogP contribution >= 0.6 is 0 Å². The number of benzene rings is 2. The maximum absolute atomic E-state index is 11.3. The normalized spacial score (nSPS) is 10.0. The molecule has 0 aromatic heterocycles. The molecule has 0 heterocycles. The van der Waals surface area contributed by atoms with Gasteiger partial charge in [0.15, 0.2) is 6.29 Å². The van der Waals surface area contributed by atoms with Gasteiger partial charge in [-0.2, -0.15) is 0 Å². The first-order chi connectivity index (χ1) is 6.83. The number of carbonyl (C=O) groups excluding carboxylic acids is 2. The van der Waals surface area contributed by atoms with E-state index in [9.17, 15) is 9.59 Å². The molecule has 0 N–H and O–H groups in total. The maximum Gasteiger partial charge on any atom is 0.225 e. The third-order valence-corrected chi connectivity index (χ3v) is 2.16. The Morgan fingerprint density at radius 3 is 2.50 bits per heavy atom. The van der Waals surface area contributed by atoms with Crippen LogP contribution in [0.1, 0.15) is 10.4 Å². The lowest BCUT2D eigenvalue weighted by Crippen LogP contribution is -2.00. The fourth-order valence-electron chi connectivity index (χ4n) is 1.50. The van der Waals surface area contributed by atoms with Gasteiger partial charge in [-0.05, 0) is 10.8 Å². The van der Waals surface area contributed by atoms with Crippen molar-refractivity contribution in [1.82, 2.24) is 0 Å². The Morgan fingerprint density at radius 2 is 1.71 bits per heavy atom. The number of fused-ring (bicyclic) bond motifs is 1. The van der Waals surface area contributed by atoms with Gasteiger partial charge in [0.1, 0.15) is 0 Å². The molecule has 0 spiro atoms. The summed E-state index contributed by atoms with van der Waals surface area (Å²) in [6.45, 7) is 0. The van der Waals surface area contributed by atoms with Crippen molar-refractivity contribution in [2.75, 3.05) is 0 Å². The van der Waals surface area contributed by atoms with Crippen molar-refractivity contribution in [2.45, 2.75) is 0 Å². The molecular weight excluding hydrogens is 176 g/mol. The first-order valence-electron chi connectivity index (χ1n) is 4.30. The van der Waals surface area contributed by atoms with Crippen LogP contribution in [-0.2, 0) is 4.79 Å². The monoisotopic (exact) mass is 184 g/mol. The molecule has 0 amide bonds. The molecule has 2 nitrogen and oxygen atoms in total. The number of aldehydes is 1. The standard InChI is InChI=1S/C12H8O2/c13-8-12(14)11-7-3-5-9-4-1-2-6-10(9)11/h1-8H. The summed E-state index contributed by atoms with van der Waals surface area (Å²) in [4.78, 5) is 21.7. The van der Waals surface area contributed by atoms with Crippen LogP contribution in [0.4, 0.5) is 0 Å². The summed E-state index contributed by atoms with van der Waals surface area (Å²) in [5, 5.41) is 1.80. The molecule has 0 unspecified atom stereocenters. The topological polar surface area (TPSA) is 34.1 Å². The molecule has 2 heteroatoms. The zero-order valence-corrected chi connectivity index (χ0v) is 7.44. The molecule has 0 bridgehead atoms. The van der Waals surface area contributed by atoms with E-state index in [1.807, 2.05) is 30.3 Å². The van der Waals surface area contributed by atoms with Gasteiger partial charge in [-0.3, -0.25) is 9.59 Å². The molecule has 0 radical (unpaired) electrons. The van der Waals surface area contributed by atoms with E-state index in [1.54, 1.807) is 12.1 Å². The van der Waals surface area contributed by atoms with Gasteiger partial charge in [-0.15, -0.1) is 0 Å². The third kappa shape index (κ3) is 1.31. The van der Waals surface area contributed by atoms with E-state index >= 15 is 0 Å². The van der Waals surface area contributed by atoms with Gasteiger partial charge in [0.2, 0.25) is 5.78 Å². The lowest BCUT2D eigenvalue weighted by Gasteiger charge is -2.00. The fraction of sp³-hybridized carbons (Fsp3) is 0. The number of ketones is 1. The Balaban J connectivity index is 2.77. The second kappa shape index (κ2) is 3.42. The SMILES string of the molecule is O=CC(=O)c1cccc2ccccc12. The Morgan fingerprint density at radius 1 is 1.00 bits per heavy atom. The van der Waals surface area contributed by atoms with E-state index in [4.69, 9.17) is 0 Å². The summed E-state index contributed by atoms with van der Waals surface area (Å²) >= 11 is 0. The van der Waals surface area contributed by atoms with Gasteiger partial charge in [0, 0.05) is 5.56 Å². The zero-order chi connectivity index (χ0) is 9.97. The quantitative estimate of drug-likeness (QED) is 0.407. The van der Waals surface area contributed by atoms with Crippen LogP contribution in [0.2, 0.25) is 0 Å². The summed E-state index contributed by atoms with van der Waals surface area (Å²) in [6, 6.07) is 12.9. The lowest BCUT2D eigenvalue weighted by atomic mass is 10.0. The van der Waals surface area contributed by atoms with Gasteiger partial charge >= 0.3 is 0 Å². The molecule has 0 fully saturated rings. The number of hydrogen-bond donors (Lipinski definition) is 0. The van der Waals surface area contributed by atoms with E-state index in [2.05, 4.69) is 0 Å². The van der Waals surface area contributed by atoms with Gasteiger partial charge in [-0.1, -0.05) is 42.5 Å². The van der Waals surface area contributed by atoms with Crippen molar-refractivity contribution in [3.63, 3.8) is 0 Å². The molecule has 0 aliphatic rings. The van der Waals surface area contributed by atoms with Gasteiger partial charge in [0.25, 0.3) is 0 Å². The number of hydrogen-bond acceptors (Lipinski definition) is 2. The summed E-state index contributed by atoms with van der Waals surface area (Å²) in [5.74, 6) is -0.471. The highest BCUT2D eigenvalue weighted by Crippen LogP contribution is 2.18. The molecular formula is C12H8O2. The van der Waals surface area contributed by atoms with E-state index in [0.717, 1.165) is 10.8 Å². The number of rotatable bonds is 2. The van der Waals surface area contributed by atoms with E-state index in [-0.39, 0.29) is 0 Å². The Bertz CT molecular complexity index is 495. The minimum atomic E-state index is -0.471. The maximum atomic E-state index is 11.3. The summed E-state index contributed by atoms with van der Waals surface area (Å²) in [7, 11) is 0. The Labute approximate surface area is 81.2 Å². The summed E-state index contributed by atoms with van der Waals surface area (Å²) in [5.41, 5.74) is 0.470. The van der Waals surface area contributed by atoms with Crippen LogP contribution in [0, 0.1) is 0 Å². The van der Waals surface area contributed by atoms with Crippen molar-refractivity contribution >= 4 is 22.8 Å². The molecule has 0 saturated carbocycles. The molecule has 2 aromatic carbocycles. The minimum Gasteiger partial charge on any atom is -0.294 e. The molecule has 2 rings (SSSR count). The third-order valence-electron chi connectivity index (χ3n) is 2.16. The lowest BCUT2D eigenvalue weighted by molar-refractivity contribution is -0.104. The van der Waals surface area contributed by atoms with Crippen molar-refractivity contribution in [1.29, 1.82) is 0 Å².